The molecule has 104 valence electrons. The Morgan fingerprint density at radius 2 is 1.95 bits per heavy atom. The second-order valence-corrected chi connectivity index (χ2v) is 4.97. The highest BCUT2D eigenvalue weighted by Crippen LogP contribution is 2.20. The Balaban J connectivity index is 3.00. The van der Waals surface area contributed by atoms with Crippen molar-refractivity contribution in [3.63, 3.8) is 0 Å². The number of primary amides is 1. The zero-order chi connectivity index (χ0) is 14.6. The number of nitrogens with one attached hydrogen (secondary N) is 2. The molecule has 6 heteroatoms. The van der Waals surface area contributed by atoms with E-state index in [0.717, 1.165) is 0 Å². The summed E-state index contributed by atoms with van der Waals surface area (Å²) < 4.78 is 0. The highest BCUT2D eigenvalue weighted by atomic mass is 35.5. The molecule has 0 heterocycles. The van der Waals surface area contributed by atoms with Crippen LogP contribution in [0.3, 0.4) is 0 Å². The number of anilines is 1. The number of benzene rings is 1. The van der Waals surface area contributed by atoms with Crippen LogP contribution in [0, 0.1) is 5.92 Å². The van der Waals surface area contributed by atoms with E-state index in [1.807, 2.05) is 13.8 Å². The molecule has 0 saturated heterocycles. The van der Waals surface area contributed by atoms with Gasteiger partial charge in [0.05, 0.1) is 5.56 Å². The quantitative estimate of drug-likeness (QED) is 0.768. The van der Waals surface area contributed by atoms with Gasteiger partial charge in [-0.15, -0.1) is 0 Å². The molecule has 0 radical (unpaired) electrons. The first-order valence-electron chi connectivity index (χ1n) is 5.94. The third kappa shape index (κ3) is 3.86. The van der Waals surface area contributed by atoms with Crippen molar-refractivity contribution in [2.45, 2.75) is 19.9 Å². The van der Waals surface area contributed by atoms with Gasteiger partial charge < -0.3 is 16.4 Å². The van der Waals surface area contributed by atoms with Gasteiger partial charge >= 0.3 is 0 Å². The van der Waals surface area contributed by atoms with Crippen LogP contribution in [0.5, 0.6) is 0 Å². The molecule has 0 aliphatic carbocycles. The molecule has 0 spiro atoms. The van der Waals surface area contributed by atoms with Crippen molar-refractivity contribution in [2.24, 2.45) is 11.7 Å². The highest BCUT2D eigenvalue weighted by Gasteiger charge is 2.23. The van der Waals surface area contributed by atoms with Crippen molar-refractivity contribution in [1.82, 2.24) is 5.32 Å². The molecule has 4 N–H and O–H groups in total. The zero-order valence-corrected chi connectivity index (χ0v) is 11.9. The van der Waals surface area contributed by atoms with Gasteiger partial charge in [-0.05, 0) is 24.1 Å². The van der Waals surface area contributed by atoms with Gasteiger partial charge in [0.2, 0.25) is 5.91 Å². The molecule has 2 amide bonds. The Morgan fingerprint density at radius 3 is 2.42 bits per heavy atom. The lowest BCUT2D eigenvalue weighted by atomic mass is 10.0. The molecule has 5 nitrogen and oxygen atoms in total. The molecule has 1 aromatic carbocycles. The molecule has 1 rings (SSSR count). The third-order valence-electron chi connectivity index (χ3n) is 2.76. The van der Waals surface area contributed by atoms with E-state index in [1.54, 1.807) is 25.2 Å². The van der Waals surface area contributed by atoms with Crippen molar-refractivity contribution in [3.05, 3.63) is 28.8 Å². The van der Waals surface area contributed by atoms with Crippen molar-refractivity contribution in [3.8, 4) is 0 Å². The van der Waals surface area contributed by atoms with Crippen molar-refractivity contribution >= 4 is 29.1 Å². The SMILES string of the molecule is CNc1ccc(Cl)cc1C(=O)NC(C(N)=O)C(C)C. The molecule has 0 bridgehead atoms. The normalized spacial score (nSPS) is 12.1. The van der Waals surface area contributed by atoms with Crippen LogP contribution in [0.1, 0.15) is 24.2 Å². The minimum absolute atomic E-state index is 0.0846. The van der Waals surface area contributed by atoms with Crippen molar-refractivity contribution in [1.29, 1.82) is 0 Å². The molecule has 1 aromatic rings. The maximum Gasteiger partial charge on any atom is 0.254 e. The minimum Gasteiger partial charge on any atom is -0.387 e. The number of hydrogen-bond acceptors (Lipinski definition) is 3. The predicted octanol–water partition coefficient (Wildman–Crippen LogP) is 1.62. The summed E-state index contributed by atoms with van der Waals surface area (Å²) in [5.41, 5.74) is 6.28. The lowest BCUT2D eigenvalue weighted by molar-refractivity contribution is -0.120. The van der Waals surface area contributed by atoms with Gasteiger partial charge in [-0.3, -0.25) is 9.59 Å². The average Bonchev–Trinajstić information content (AvgIpc) is 2.34. The number of hydrogen-bond donors (Lipinski definition) is 3. The number of carbonyl (C=O) groups is 2. The van der Waals surface area contributed by atoms with Crippen LogP contribution in [0.4, 0.5) is 5.69 Å². The topological polar surface area (TPSA) is 84.2 Å². The van der Waals surface area contributed by atoms with Crippen LogP contribution >= 0.6 is 11.6 Å². The molecule has 1 atom stereocenters. The summed E-state index contributed by atoms with van der Waals surface area (Å²) in [6.45, 7) is 3.62. The Bertz CT molecular complexity index is 489. The summed E-state index contributed by atoms with van der Waals surface area (Å²) in [6.07, 6.45) is 0. The number of nitrogens with two attached hydrogens (primary N) is 1. The molecule has 0 aliphatic rings. The summed E-state index contributed by atoms with van der Waals surface area (Å²) >= 11 is 5.88. The van der Waals surface area contributed by atoms with E-state index in [2.05, 4.69) is 10.6 Å². The fourth-order valence-electron chi connectivity index (χ4n) is 1.71. The smallest absolute Gasteiger partial charge is 0.254 e. The molecule has 1 unspecified atom stereocenters. The molecule has 0 aromatic heterocycles. The molecular formula is C13H18ClN3O2. The van der Waals surface area contributed by atoms with Crippen molar-refractivity contribution in [2.75, 3.05) is 12.4 Å². The summed E-state index contributed by atoms with van der Waals surface area (Å²) in [7, 11) is 1.70. The van der Waals surface area contributed by atoms with Crippen LogP contribution in [-0.2, 0) is 4.79 Å². The summed E-state index contributed by atoms with van der Waals surface area (Å²) in [6, 6.07) is 4.21. The number of halogens is 1. The van der Waals surface area contributed by atoms with E-state index < -0.39 is 11.9 Å². The largest absolute Gasteiger partial charge is 0.387 e. The average molecular weight is 284 g/mol. The van der Waals surface area contributed by atoms with Gasteiger partial charge in [-0.2, -0.15) is 0 Å². The van der Waals surface area contributed by atoms with Gasteiger partial charge in [0.25, 0.3) is 5.91 Å². The fraction of sp³-hybridized carbons (Fsp3) is 0.385. The first kappa shape index (κ1) is 15.3. The predicted molar refractivity (Wildman–Crippen MR) is 76.3 cm³/mol. The fourth-order valence-corrected chi connectivity index (χ4v) is 1.88. The van der Waals surface area contributed by atoms with Crippen LogP contribution in [0.2, 0.25) is 5.02 Å². The van der Waals surface area contributed by atoms with Crippen LogP contribution in [0.25, 0.3) is 0 Å². The Morgan fingerprint density at radius 1 is 1.32 bits per heavy atom. The van der Waals surface area contributed by atoms with Gasteiger partial charge in [0, 0.05) is 17.8 Å². The monoisotopic (exact) mass is 283 g/mol. The van der Waals surface area contributed by atoms with E-state index in [1.165, 1.54) is 0 Å². The van der Waals surface area contributed by atoms with Gasteiger partial charge in [-0.25, -0.2) is 0 Å². The lowest BCUT2D eigenvalue weighted by Gasteiger charge is -2.20. The van der Waals surface area contributed by atoms with Crippen LogP contribution < -0.4 is 16.4 Å². The van der Waals surface area contributed by atoms with Gasteiger partial charge in [0.15, 0.2) is 0 Å². The summed E-state index contributed by atoms with van der Waals surface area (Å²) in [5.74, 6) is -1.03. The van der Waals surface area contributed by atoms with E-state index in [9.17, 15) is 9.59 Å². The second-order valence-electron chi connectivity index (χ2n) is 4.54. The van der Waals surface area contributed by atoms with E-state index in [0.29, 0.717) is 16.3 Å². The van der Waals surface area contributed by atoms with Gasteiger partial charge in [0.1, 0.15) is 6.04 Å². The molecule has 0 fully saturated rings. The highest BCUT2D eigenvalue weighted by molar-refractivity contribution is 6.31. The van der Waals surface area contributed by atoms with E-state index in [4.69, 9.17) is 17.3 Å². The summed E-state index contributed by atoms with van der Waals surface area (Å²) in [4.78, 5) is 23.5. The molecule has 0 saturated carbocycles. The Labute approximate surface area is 117 Å². The van der Waals surface area contributed by atoms with E-state index in [-0.39, 0.29) is 11.8 Å². The molecule has 0 aliphatic heterocycles. The number of amides is 2. The van der Waals surface area contributed by atoms with Crippen LogP contribution in [0.15, 0.2) is 18.2 Å². The second kappa shape index (κ2) is 6.43. The minimum atomic E-state index is -0.712. The lowest BCUT2D eigenvalue weighted by Crippen LogP contribution is -2.47. The molecular weight excluding hydrogens is 266 g/mol. The Kier molecular flexibility index (Phi) is 5.18. The van der Waals surface area contributed by atoms with Crippen molar-refractivity contribution < 1.29 is 9.59 Å². The maximum absolute atomic E-state index is 12.2. The number of rotatable bonds is 5. The first-order chi connectivity index (χ1) is 8.86. The maximum atomic E-state index is 12.2. The van der Waals surface area contributed by atoms with Crippen LogP contribution in [-0.4, -0.2) is 24.9 Å². The third-order valence-corrected chi connectivity index (χ3v) is 2.99. The standard InChI is InChI=1S/C13H18ClN3O2/c1-7(2)11(12(15)18)17-13(19)9-6-8(14)4-5-10(9)16-3/h4-7,11,16H,1-3H3,(H2,15,18)(H,17,19). The number of carbonyl (C=O) groups excluding carboxylic acids is 2. The zero-order valence-electron chi connectivity index (χ0n) is 11.2. The summed E-state index contributed by atoms with van der Waals surface area (Å²) in [5, 5.41) is 5.97. The van der Waals surface area contributed by atoms with E-state index >= 15 is 0 Å². The molecule has 19 heavy (non-hydrogen) atoms. The first-order valence-corrected chi connectivity index (χ1v) is 6.32. The van der Waals surface area contributed by atoms with Gasteiger partial charge in [-0.1, -0.05) is 25.4 Å². The Hall–Kier alpha value is -1.75.